The van der Waals surface area contributed by atoms with Crippen molar-refractivity contribution in [3.05, 3.63) is 59.7 Å². The fourth-order valence-electron chi connectivity index (χ4n) is 2.31. The number of ketones is 1. The highest BCUT2D eigenvalue weighted by Crippen LogP contribution is 2.22. The number of methoxy groups -OCH3 is 1. The number of nitrogens with zero attached hydrogens (tertiary/aromatic N) is 1. The second-order valence-electron chi connectivity index (χ2n) is 4.98. The Hall–Kier alpha value is -2.29. The lowest BCUT2D eigenvalue weighted by Crippen LogP contribution is -2.29. The van der Waals surface area contributed by atoms with Gasteiger partial charge in [0, 0.05) is 12.2 Å². The summed E-state index contributed by atoms with van der Waals surface area (Å²) in [4.78, 5) is 14.6. The SMILES string of the molecule is CCN(CC(=O)c1ccc(C)cc1OC)c1ccccc1. The summed E-state index contributed by atoms with van der Waals surface area (Å²) in [6.45, 7) is 5.16. The van der Waals surface area contributed by atoms with Crippen LogP contribution in [-0.4, -0.2) is 26.0 Å². The second kappa shape index (κ2) is 6.93. The minimum Gasteiger partial charge on any atom is -0.496 e. The van der Waals surface area contributed by atoms with Crippen LogP contribution in [0.1, 0.15) is 22.8 Å². The molecule has 0 fully saturated rings. The number of hydrogen-bond donors (Lipinski definition) is 0. The van der Waals surface area contributed by atoms with Crippen molar-refractivity contribution in [3.8, 4) is 5.75 Å². The zero-order chi connectivity index (χ0) is 15.2. The Morgan fingerprint density at radius 3 is 2.48 bits per heavy atom. The zero-order valence-corrected chi connectivity index (χ0v) is 12.8. The van der Waals surface area contributed by atoms with E-state index in [4.69, 9.17) is 4.74 Å². The standard InChI is InChI=1S/C18H21NO2/c1-4-19(15-8-6-5-7-9-15)13-17(20)16-11-10-14(2)12-18(16)21-3/h5-12H,4,13H2,1-3H3. The number of carbonyl (C=O) groups excluding carboxylic acids is 1. The molecule has 2 aromatic carbocycles. The van der Waals surface area contributed by atoms with E-state index in [2.05, 4.69) is 4.90 Å². The number of anilines is 1. The molecule has 0 aliphatic heterocycles. The van der Waals surface area contributed by atoms with Crippen molar-refractivity contribution in [2.24, 2.45) is 0 Å². The van der Waals surface area contributed by atoms with Gasteiger partial charge >= 0.3 is 0 Å². The van der Waals surface area contributed by atoms with Crippen LogP contribution in [0.5, 0.6) is 5.75 Å². The normalized spacial score (nSPS) is 10.2. The summed E-state index contributed by atoms with van der Waals surface area (Å²) in [7, 11) is 1.60. The Kier molecular flexibility index (Phi) is 4.99. The van der Waals surface area contributed by atoms with Gasteiger partial charge in [-0.05, 0) is 43.7 Å². The molecule has 21 heavy (non-hydrogen) atoms. The van der Waals surface area contributed by atoms with Crippen LogP contribution in [0.3, 0.4) is 0 Å². The molecule has 0 amide bonds. The molecule has 3 nitrogen and oxygen atoms in total. The lowest BCUT2D eigenvalue weighted by Gasteiger charge is -2.22. The summed E-state index contributed by atoms with van der Waals surface area (Å²) < 4.78 is 5.33. The summed E-state index contributed by atoms with van der Waals surface area (Å²) in [6, 6.07) is 15.6. The van der Waals surface area contributed by atoms with Crippen molar-refractivity contribution in [1.29, 1.82) is 0 Å². The van der Waals surface area contributed by atoms with Gasteiger partial charge in [0.15, 0.2) is 5.78 Å². The van der Waals surface area contributed by atoms with Crippen molar-refractivity contribution in [3.63, 3.8) is 0 Å². The van der Waals surface area contributed by atoms with Crippen LogP contribution in [0.15, 0.2) is 48.5 Å². The Bertz CT molecular complexity index is 608. The number of likely N-dealkylation sites (N-methyl/N-ethyl adjacent to an activating group) is 1. The first-order valence-electron chi connectivity index (χ1n) is 7.13. The average molecular weight is 283 g/mol. The van der Waals surface area contributed by atoms with Gasteiger partial charge in [-0.2, -0.15) is 0 Å². The molecule has 0 N–H and O–H groups in total. The second-order valence-corrected chi connectivity index (χ2v) is 4.98. The molecule has 0 atom stereocenters. The van der Waals surface area contributed by atoms with E-state index in [0.29, 0.717) is 17.9 Å². The number of Topliss-reactive ketones (excluding diaryl/α,β-unsaturated/α-hetero) is 1. The molecular formula is C18H21NO2. The average Bonchev–Trinajstić information content (AvgIpc) is 2.53. The van der Waals surface area contributed by atoms with Crippen LogP contribution in [0, 0.1) is 6.92 Å². The number of ether oxygens (including phenoxy) is 1. The van der Waals surface area contributed by atoms with Gasteiger partial charge in [-0.15, -0.1) is 0 Å². The fourth-order valence-corrected chi connectivity index (χ4v) is 2.31. The van der Waals surface area contributed by atoms with E-state index < -0.39 is 0 Å². The van der Waals surface area contributed by atoms with Crippen LogP contribution >= 0.6 is 0 Å². The van der Waals surface area contributed by atoms with Crippen LogP contribution < -0.4 is 9.64 Å². The van der Waals surface area contributed by atoms with E-state index in [0.717, 1.165) is 17.8 Å². The van der Waals surface area contributed by atoms with Gasteiger partial charge in [0.25, 0.3) is 0 Å². The minimum absolute atomic E-state index is 0.0672. The number of para-hydroxylation sites is 1. The third-order valence-electron chi connectivity index (χ3n) is 3.49. The summed E-state index contributed by atoms with van der Waals surface area (Å²) in [6.07, 6.45) is 0. The maximum absolute atomic E-state index is 12.6. The van der Waals surface area contributed by atoms with Crippen LogP contribution in [0.2, 0.25) is 0 Å². The maximum atomic E-state index is 12.6. The number of hydrogen-bond acceptors (Lipinski definition) is 3. The summed E-state index contributed by atoms with van der Waals surface area (Å²) in [5, 5.41) is 0. The Labute approximate surface area is 126 Å². The molecule has 0 heterocycles. The molecule has 2 aromatic rings. The number of rotatable bonds is 6. The summed E-state index contributed by atoms with van der Waals surface area (Å²) >= 11 is 0. The highest BCUT2D eigenvalue weighted by Gasteiger charge is 2.16. The van der Waals surface area contributed by atoms with E-state index in [1.165, 1.54) is 0 Å². The van der Waals surface area contributed by atoms with E-state index in [9.17, 15) is 4.79 Å². The predicted octanol–water partition coefficient (Wildman–Crippen LogP) is 3.71. The predicted molar refractivity (Wildman–Crippen MR) is 86.4 cm³/mol. The van der Waals surface area contributed by atoms with E-state index in [-0.39, 0.29) is 5.78 Å². The Balaban J connectivity index is 2.21. The van der Waals surface area contributed by atoms with Crippen LogP contribution in [0.4, 0.5) is 5.69 Å². The van der Waals surface area contributed by atoms with Gasteiger partial charge in [0.05, 0.1) is 19.2 Å². The Morgan fingerprint density at radius 1 is 1.14 bits per heavy atom. The molecule has 2 rings (SSSR count). The minimum atomic E-state index is 0.0672. The molecular weight excluding hydrogens is 262 g/mol. The number of aryl methyl sites for hydroxylation is 1. The topological polar surface area (TPSA) is 29.5 Å². The first-order chi connectivity index (χ1) is 10.2. The summed E-state index contributed by atoms with van der Waals surface area (Å²) in [5.74, 6) is 0.710. The molecule has 0 saturated carbocycles. The quantitative estimate of drug-likeness (QED) is 0.757. The van der Waals surface area contributed by atoms with Crippen molar-refractivity contribution < 1.29 is 9.53 Å². The van der Waals surface area contributed by atoms with Crippen molar-refractivity contribution in [2.75, 3.05) is 25.1 Å². The molecule has 0 aliphatic carbocycles. The molecule has 0 saturated heterocycles. The van der Waals surface area contributed by atoms with Gasteiger partial charge < -0.3 is 9.64 Å². The number of benzene rings is 2. The lowest BCUT2D eigenvalue weighted by atomic mass is 10.1. The molecule has 0 radical (unpaired) electrons. The van der Waals surface area contributed by atoms with Gasteiger partial charge in [-0.25, -0.2) is 0 Å². The lowest BCUT2D eigenvalue weighted by molar-refractivity contribution is 0.0996. The highest BCUT2D eigenvalue weighted by molar-refractivity contribution is 6.01. The van der Waals surface area contributed by atoms with Gasteiger partial charge in [0.1, 0.15) is 5.75 Å². The zero-order valence-electron chi connectivity index (χ0n) is 12.8. The Morgan fingerprint density at radius 2 is 1.86 bits per heavy atom. The van der Waals surface area contributed by atoms with E-state index >= 15 is 0 Å². The smallest absolute Gasteiger partial charge is 0.185 e. The first kappa shape index (κ1) is 15.1. The molecule has 110 valence electrons. The summed E-state index contributed by atoms with van der Waals surface area (Å²) in [5.41, 5.74) is 2.77. The van der Waals surface area contributed by atoms with Gasteiger partial charge in [-0.3, -0.25) is 4.79 Å². The molecule has 3 heteroatoms. The molecule has 0 bridgehead atoms. The monoisotopic (exact) mass is 283 g/mol. The molecule has 0 aliphatic rings. The molecule has 0 unspecified atom stereocenters. The van der Waals surface area contributed by atoms with E-state index in [1.54, 1.807) is 7.11 Å². The number of carbonyl (C=O) groups is 1. The molecule has 0 aromatic heterocycles. The van der Waals surface area contributed by atoms with Crippen molar-refractivity contribution in [2.45, 2.75) is 13.8 Å². The fraction of sp³-hybridized carbons (Fsp3) is 0.278. The van der Waals surface area contributed by atoms with Gasteiger partial charge in [-0.1, -0.05) is 24.3 Å². The maximum Gasteiger partial charge on any atom is 0.185 e. The third-order valence-corrected chi connectivity index (χ3v) is 3.49. The van der Waals surface area contributed by atoms with Crippen LogP contribution in [0.25, 0.3) is 0 Å². The van der Waals surface area contributed by atoms with Crippen molar-refractivity contribution in [1.82, 2.24) is 0 Å². The first-order valence-corrected chi connectivity index (χ1v) is 7.13. The van der Waals surface area contributed by atoms with E-state index in [1.807, 2.05) is 62.4 Å². The van der Waals surface area contributed by atoms with Crippen LogP contribution in [-0.2, 0) is 0 Å². The highest BCUT2D eigenvalue weighted by atomic mass is 16.5. The van der Waals surface area contributed by atoms with Crippen molar-refractivity contribution >= 4 is 11.5 Å². The molecule has 0 spiro atoms. The third kappa shape index (κ3) is 3.63. The van der Waals surface area contributed by atoms with Gasteiger partial charge in [0.2, 0.25) is 0 Å². The largest absolute Gasteiger partial charge is 0.496 e.